The van der Waals surface area contributed by atoms with Gasteiger partial charge in [-0.25, -0.2) is 26.2 Å². The van der Waals surface area contributed by atoms with E-state index in [0.29, 0.717) is 0 Å². The van der Waals surface area contributed by atoms with Gasteiger partial charge in [0.1, 0.15) is 0 Å². The Bertz CT molecular complexity index is 590. The SMILES string of the molecule is Cn1nnc(Br)c1S(=O)(=O)NCCS(=O)(=O)Cl. The van der Waals surface area contributed by atoms with E-state index in [1.165, 1.54) is 7.05 Å². The zero-order chi connectivity index (χ0) is 13.3. The van der Waals surface area contributed by atoms with Gasteiger partial charge < -0.3 is 0 Å². The molecule has 1 rings (SSSR count). The molecule has 1 N–H and O–H groups in total. The van der Waals surface area contributed by atoms with Gasteiger partial charge in [0, 0.05) is 24.3 Å². The first-order chi connectivity index (χ1) is 7.63. The van der Waals surface area contributed by atoms with Gasteiger partial charge in [-0.1, -0.05) is 5.21 Å². The number of nitrogens with zero attached hydrogens (tertiary/aromatic N) is 3. The summed E-state index contributed by atoms with van der Waals surface area (Å²) in [6.07, 6.45) is 0. The van der Waals surface area contributed by atoms with Gasteiger partial charge in [-0.3, -0.25) is 0 Å². The van der Waals surface area contributed by atoms with Crippen LogP contribution in [-0.4, -0.2) is 44.1 Å². The lowest BCUT2D eigenvalue weighted by Gasteiger charge is -2.05. The largest absolute Gasteiger partial charge is 0.260 e. The molecule has 0 fully saturated rings. The number of halogens is 2. The zero-order valence-corrected chi connectivity index (χ0v) is 12.4. The zero-order valence-electron chi connectivity index (χ0n) is 8.46. The van der Waals surface area contributed by atoms with Gasteiger partial charge in [-0.05, 0) is 15.9 Å². The molecular weight excluding hydrogens is 360 g/mol. The van der Waals surface area contributed by atoms with Crippen LogP contribution >= 0.6 is 26.6 Å². The summed E-state index contributed by atoms with van der Waals surface area (Å²) >= 11 is 2.93. The van der Waals surface area contributed by atoms with Crippen molar-refractivity contribution in [2.24, 2.45) is 7.05 Å². The minimum atomic E-state index is -3.88. The van der Waals surface area contributed by atoms with Crippen LogP contribution in [0.2, 0.25) is 0 Å². The molecule has 0 bridgehead atoms. The average Bonchev–Trinajstić information content (AvgIpc) is 2.43. The van der Waals surface area contributed by atoms with Crippen molar-refractivity contribution < 1.29 is 16.8 Å². The molecule has 1 aromatic heterocycles. The number of aryl methyl sites for hydroxylation is 1. The third-order valence-electron chi connectivity index (χ3n) is 1.63. The van der Waals surface area contributed by atoms with Crippen LogP contribution in [0.4, 0.5) is 0 Å². The molecule has 0 amide bonds. The fourth-order valence-electron chi connectivity index (χ4n) is 0.974. The van der Waals surface area contributed by atoms with E-state index in [1.54, 1.807) is 0 Å². The minimum absolute atomic E-state index is 0.0428. The Hall–Kier alpha value is -0.230. The lowest BCUT2D eigenvalue weighted by molar-refractivity contribution is 0.562. The van der Waals surface area contributed by atoms with Crippen LogP contribution in [-0.2, 0) is 26.1 Å². The molecule has 0 aliphatic rings. The van der Waals surface area contributed by atoms with E-state index in [9.17, 15) is 16.8 Å². The Labute approximate surface area is 111 Å². The molecule has 98 valence electrons. The van der Waals surface area contributed by atoms with E-state index < -0.39 is 24.8 Å². The molecule has 0 saturated carbocycles. The number of hydrogen-bond acceptors (Lipinski definition) is 6. The molecule has 8 nitrogen and oxygen atoms in total. The molecule has 0 aromatic carbocycles. The summed E-state index contributed by atoms with van der Waals surface area (Å²) in [6.45, 7) is -0.328. The predicted octanol–water partition coefficient (Wildman–Crippen LogP) is -0.575. The third kappa shape index (κ3) is 4.17. The van der Waals surface area contributed by atoms with E-state index in [0.717, 1.165) is 4.68 Å². The van der Waals surface area contributed by atoms with Gasteiger partial charge in [0.05, 0.1) is 5.75 Å². The molecule has 1 aromatic rings. The summed E-state index contributed by atoms with van der Waals surface area (Å²) in [7, 11) is -1.28. The van der Waals surface area contributed by atoms with Gasteiger partial charge in [0.2, 0.25) is 14.1 Å². The fraction of sp³-hybridized carbons (Fsp3) is 0.600. The van der Waals surface area contributed by atoms with Crippen LogP contribution in [0.15, 0.2) is 9.63 Å². The first-order valence-corrected chi connectivity index (χ1v) is 8.86. The Morgan fingerprint density at radius 1 is 1.41 bits per heavy atom. The van der Waals surface area contributed by atoms with Crippen LogP contribution in [0, 0.1) is 0 Å². The summed E-state index contributed by atoms with van der Waals surface area (Å²) < 4.78 is 47.9. The highest BCUT2D eigenvalue weighted by Gasteiger charge is 2.23. The number of rotatable bonds is 5. The first-order valence-electron chi connectivity index (χ1n) is 4.10. The lowest BCUT2D eigenvalue weighted by atomic mass is 10.8. The van der Waals surface area contributed by atoms with Crippen molar-refractivity contribution in [1.82, 2.24) is 19.7 Å². The molecule has 0 saturated heterocycles. The molecular formula is C5H8BrClN4O4S2. The second-order valence-corrected chi connectivity index (χ2v) is 8.28. The van der Waals surface area contributed by atoms with E-state index in [2.05, 4.69) is 31.0 Å². The fourth-order valence-corrected chi connectivity index (χ4v) is 3.80. The van der Waals surface area contributed by atoms with E-state index >= 15 is 0 Å². The maximum absolute atomic E-state index is 11.7. The quantitative estimate of drug-likeness (QED) is 0.697. The first kappa shape index (κ1) is 14.8. The predicted molar refractivity (Wildman–Crippen MR) is 63.5 cm³/mol. The monoisotopic (exact) mass is 366 g/mol. The topological polar surface area (TPSA) is 111 Å². The van der Waals surface area contributed by atoms with Gasteiger partial charge in [0.25, 0.3) is 10.0 Å². The van der Waals surface area contributed by atoms with Crippen molar-refractivity contribution in [3.8, 4) is 0 Å². The highest BCUT2D eigenvalue weighted by Crippen LogP contribution is 2.17. The maximum atomic E-state index is 11.7. The lowest BCUT2D eigenvalue weighted by Crippen LogP contribution is -2.29. The number of nitrogens with one attached hydrogen (secondary N) is 1. The van der Waals surface area contributed by atoms with Crippen LogP contribution in [0.25, 0.3) is 0 Å². The van der Waals surface area contributed by atoms with E-state index in [4.69, 9.17) is 10.7 Å². The molecule has 0 aliphatic carbocycles. The normalized spacial score (nSPS) is 12.9. The van der Waals surface area contributed by atoms with E-state index in [1.807, 2.05) is 0 Å². The molecule has 17 heavy (non-hydrogen) atoms. The van der Waals surface area contributed by atoms with Crippen molar-refractivity contribution in [3.05, 3.63) is 4.60 Å². The van der Waals surface area contributed by atoms with Crippen molar-refractivity contribution in [2.75, 3.05) is 12.3 Å². The molecule has 0 atom stereocenters. The van der Waals surface area contributed by atoms with Crippen molar-refractivity contribution in [3.63, 3.8) is 0 Å². The summed E-state index contributed by atoms with van der Waals surface area (Å²) in [5.41, 5.74) is 0. The molecule has 0 radical (unpaired) electrons. The highest BCUT2D eigenvalue weighted by atomic mass is 79.9. The molecule has 0 unspecified atom stereocenters. The van der Waals surface area contributed by atoms with Crippen LogP contribution in [0.1, 0.15) is 0 Å². The third-order valence-corrected chi connectivity index (χ3v) is 5.13. The van der Waals surface area contributed by atoms with Crippen molar-refractivity contribution >= 4 is 45.7 Å². The van der Waals surface area contributed by atoms with Gasteiger partial charge >= 0.3 is 0 Å². The second kappa shape index (κ2) is 5.18. The summed E-state index contributed by atoms with van der Waals surface area (Å²) in [5.74, 6) is -0.503. The molecule has 12 heteroatoms. The van der Waals surface area contributed by atoms with Crippen molar-refractivity contribution in [1.29, 1.82) is 0 Å². The molecule has 0 aliphatic heterocycles. The second-order valence-electron chi connectivity index (χ2n) is 2.95. The van der Waals surface area contributed by atoms with Gasteiger partial charge in [0.15, 0.2) is 4.60 Å². The Morgan fingerprint density at radius 3 is 2.41 bits per heavy atom. The van der Waals surface area contributed by atoms with Crippen LogP contribution in [0.5, 0.6) is 0 Å². The van der Waals surface area contributed by atoms with Crippen LogP contribution < -0.4 is 4.72 Å². The van der Waals surface area contributed by atoms with Gasteiger partial charge in [-0.2, -0.15) is 0 Å². The molecule has 0 spiro atoms. The maximum Gasteiger partial charge on any atom is 0.260 e. The minimum Gasteiger partial charge on any atom is -0.235 e. The molecule has 1 heterocycles. The average molecular weight is 368 g/mol. The number of aromatic nitrogens is 3. The van der Waals surface area contributed by atoms with Gasteiger partial charge in [-0.15, -0.1) is 5.10 Å². The smallest absolute Gasteiger partial charge is 0.235 e. The van der Waals surface area contributed by atoms with E-state index in [-0.39, 0.29) is 16.2 Å². The number of hydrogen-bond donors (Lipinski definition) is 1. The number of sulfonamides is 1. The van der Waals surface area contributed by atoms with Crippen LogP contribution in [0.3, 0.4) is 0 Å². The Morgan fingerprint density at radius 2 is 2.00 bits per heavy atom. The standard InChI is InChI=1S/C5H8BrClN4O4S2/c1-11-5(4(6)9-10-11)17(14,15)8-2-3-16(7,12)13/h8H,2-3H2,1H3. The highest BCUT2D eigenvalue weighted by molar-refractivity contribution is 9.10. The summed E-state index contributed by atoms with van der Waals surface area (Å²) in [6, 6.07) is 0. The summed E-state index contributed by atoms with van der Waals surface area (Å²) in [5, 5.41) is 6.81. The van der Waals surface area contributed by atoms with Crippen molar-refractivity contribution in [2.45, 2.75) is 5.03 Å². The Kier molecular flexibility index (Phi) is 4.52. The Balaban J connectivity index is 2.84. The summed E-state index contributed by atoms with van der Waals surface area (Å²) in [4.78, 5) is 0.